The van der Waals surface area contributed by atoms with Crippen molar-refractivity contribution in [3.8, 4) is 17.2 Å². The SMILES string of the molecule is Cc1ccc(-c2nc3ccccc3o2)cc1NC(=O)COc1c(C)cc(Cl)cc1Cl. The second kappa shape index (κ2) is 8.38. The molecule has 0 bridgehead atoms. The molecule has 0 aliphatic heterocycles. The predicted molar refractivity (Wildman–Crippen MR) is 120 cm³/mol. The molecule has 4 aromatic rings. The Morgan fingerprint density at radius 3 is 2.63 bits per heavy atom. The number of carbonyl (C=O) groups is 1. The molecule has 152 valence electrons. The maximum atomic E-state index is 12.5. The van der Waals surface area contributed by atoms with Crippen molar-refractivity contribution in [3.05, 3.63) is 75.8 Å². The normalized spacial score (nSPS) is 10.9. The predicted octanol–water partition coefficient (Wildman–Crippen LogP) is 6.44. The van der Waals surface area contributed by atoms with Crippen LogP contribution in [0.2, 0.25) is 10.0 Å². The molecule has 30 heavy (non-hydrogen) atoms. The minimum atomic E-state index is -0.307. The van der Waals surface area contributed by atoms with Crippen molar-refractivity contribution in [2.45, 2.75) is 13.8 Å². The van der Waals surface area contributed by atoms with Gasteiger partial charge in [0.1, 0.15) is 11.3 Å². The van der Waals surface area contributed by atoms with E-state index in [0.29, 0.717) is 33.0 Å². The van der Waals surface area contributed by atoms with E-state index in [4.69, 9.17) is 32.4 Å². The number of aromatic nitrogens is 1. The highest BCUT2D eigenvalue weighted by Gasteiger charge is 2.13. The zero-order valence-corrected chi connectivity index (χ0v) is 17.8. The minimum Gasteiger partial charge on any atom is -0.482 e. The molecule has 3 aromatic carbocycles. The van der Waals surface area contributed by atoms with Crippen molar-refractivity contribution < 1.29 is 13.9 Å². The lowest BCUT2D eigenvalue weighted by Gasteiger charge is -2.13. The van der Waals surface area contributed by atoms with Crippen molar-refractivity contribution in [1.29, 1.82) is 0 Å². The summed E-state index contributed by atoms with van der Waals surface area (Å²) in [4.78, 5) is 17.0. The van der Waals surface area contributed by atoms with Crippen LogP contribution in [-0.4, -0.2) is 17.5 Å². The van der Waals surface area contributed by atoms with Crippen molar-refractivity contribution in [3.63, 3.8) is 0 Å². The molecule has 1 N–H and O–H groups in total. The fourth-order valence-electron chi connectivity index (χ4n) is 3.08. The van der Waals surface area contributed by atoms with Crippen LogP contribution in [0.25, 0.3) is 22.6 Å². The number of aryl methyl sites for hydroxylation is 2. The third-order valence-corrected chi connectivity index (χ3v) is 5.09. The highest BCUT2D eigenvalue weighted by Crippen LogP contribution is 2.32. The van der Waals surface area contributed by atoms with Crippen LogP contribution in [0.5, 0.6) is 5.75 Å². The number of anilines is 1. The number of halogens is 2. The zero-order chi connectivity index (χ0) is 21.3. The number of rotatable bonds is 5. The van der Waals surface area contributed by atoms with Crippen molar-refractivity contribution in [2.24, 2.45) is 0 Å². The van der Waals surface area contributed by atoms with E-state index in [1.165, 1.54) is 0 Å². The zero-order valence-electron chi connectivity index (χ0n) is 16.3. The van der Waals surface area contributed by atoms with E-state index in [1.807, 2.05) is 56.3 Å². The maximum Gasteiger partial charge on any atom is 0.262 e. The smallest absolute Gasteiger partial charge is 0.262 e. The topological polar surface area (TPSA) is 64.4 Å². The Balaban J connectivity index is 1.50. The first-order valence-electron chi connectivity index (χ1n) is 9.25. The van der Waals surface area contributed by atoms with Crippen LogP contribution in [-0.2, 0) is 4.79 Å². The summed E-state index contributed by atoms with van der Waals surface area (Å²) in [6.07, 6.45) is 0. The Morgan fingerprint density at radius 2 is 1.87 bits per heavy atom. The summed E-state index contributed by atoms with van der Waals surface area (Å²) < 4.78 is 11.4. The molecule has 0 saturated heterocycles. The third-order valence-electron chi connectivity index (χ3n) is 4.59. The summed E-state index contributed by atoms with van der Waals surface area (Å²) in [6.45, 7) is 3.54. The first kappa shape index (κ1) is 20.3. The Bertz CT molecular complexity index is 1190. The van der Waals surface area contributed by atoms with Gasteiger partial charge in [0.05, 0.1) is 5.02 Å². The largest absolute Gasteiger partial charge is 0.482 e. The average molecular weight is 441 g/mol. The number of nitrogens with zero attached hydrogens (tertiary/aromatic N) is 1. The third kappa shape index (κ3) is 4.27. The quantitative estimate of drug-likeness (QED) is 0.387. The van der Waals surface area contributed by atoms with Gasteiger partial charge >= 0.3 is 0 Å². The molecule has 1 amide bonds. The Kier molecular flexibility index (Phi) is 5.66. The number of nitrogens with one attached hydrogen (secondary N) is 1. The molecular weight excluding hydrogens is 423 g/mol. The summed E-state index contributed by atoms with van der Waals surface area (Å²) in [5, 5.41) is 3.75. The lowest BCUT2D eigenvalue weighted by molar-refractivity contribution is -0.118. The van der Waals surface area contributed by atoms with Crippen molar-refractivity contribution in [1.82, 2.24) is 4.98 Å². The van der Waals surface area contributed by atoms with Crippen LogP contribution in [0.1, 0.15) is 11.1 Å². The fraction of sp³-hybridized carbons (Fsp3) is 0.130. The molecule has 5 nitrogen and oxygen atoms in total. The lowest BCUT2D eigenvalue weighted by Crippen LogP contribution is -2.21. The second-order valence-electron chi connectivity index (χ2n) is 6.89. The van der Waals surface area contributed by atoms with Crippen LogP contribution in [0, 0.1) is 13.8 Å². The molecule has 0 aliphatic carbocycles. The molecule has 0 atom stereocenters. The van der Waals surface area contributed by atoms with Gasteiger partial charge in [-0.15, -0.1) is 0 Å². The molecule has 1 heterocycles. The van der Waals surface area contributed by atoms with Crippen molar-refractivity contribution in [2.75, 3.05) is 11.9 Å². The number of ether oxygens (including phenoxy) is 1. The number of amides is 1. The summed E-state index contributed by atoms with van der Waals surface area (Å²) in [6, 6.07) is 16.5. The maximum absolute atomic E-state index is 12.5. The van der Waals surface area contributed by atoms with Crippen LogP contribution in [0.15, 0.2) is 59.0 Å². The number of carbonyl (C=O) groups excluding carboxylic acids is 1. The van der Waals surface area contributed by atoms with E-state index in [2.05, 4.69) is 10.3 Å². The standard InChI is InChI=1S/C23H18Cl2N2O3/c1-13-7-8-15(23-27-18-5-3-4-6-20(18)30-23)10-19(13)26-21(28)12-29-22-14(2)9-16(24)11-17(22)25/h3-11H,12H2,1-2H3,(H,26,28). The molecular formula is C23H18Cl2N2O3. The molecule has 0 fully saturated rings. The lowest BCUT2D eigenvalue weighted by atomic mass is 10.1. The number of fused-ring (bicyclic) bond motifs is 1. The van der Waals surface area contributed by atoms with Gasteiger partial charge in [-0.2, -0.15) is 0 Å². The Hall–Kier alpha value is -3.02. The van der Waals surface area contributed by atoms with Crippen LogP contribution >= 0.6 is 23.2 Å². The summed E-state index contributed by atoms with van der Waals surface area (Å²) in [5.41, 5.74) is 4.58. The van der Waals surface area contributed by atoms with E-state index in [-0.39, 0.29) is 12.5 Å². The van der Waals surface area contributed by atoms with Crippen LogP contribution in [0.4, 0.5) is 5.69 Å². The number of oxazole rings is 1. The van der Waals surface area contributed by atoms with Crippen molar-refractivity contribution >= 4 is 45.9 Å². The van der Waals surface area contributed by atoms with Gasteiger partial charge in [-0.3, -0.25) is 4.79 Å². The highest BCUT2D eigenvalue weighted by molar-refractivity contribution is 6.35. The Morgan fingerprint density at radius 1 is 1.07 bits per heavy atom. The number of hydrogen-bond acceptors (Lipinski definition) is 4. The molecule has 1 aromatic heterocycles. The van der Waals surface area contributed by atoms with E-state index >= 15 is 0 Å². The van der Waals surface area contributed by atoms with Gasteiger partial charge in [0.2, 0.25) is 5.89 Å². The molecule has 0 saturated carbocycles. The molecule has 0 spiro atoms. The molecule has 7 heteroatoms. The molecule has 0 aliphatic rings. The number of hydrogen-bond donors (Lipinski definition) is 1. The van der Waals surface area contributed by atoms with Gasteiger partial charge in [-0.1, -0.05) is 41.4 Å². The first-order chi connectivity index (χ1) is 14.4. The second-order valence-corrected chi connectivity index (χ2v) is 7.73. The van der Waals surface area contributed by atoms with E-state index in [1.54, 1.807) is 12.1 Å². The van der Waals surface area contributed by atoms with Gasteiger partial charge in [0.15, 0.2) is 12.2 Å². The minimum absolute atomic E-state index is 0.186. The number of benzene rings is 3. The van der Waals surface area contributed by atoms with Crippen LogP contribution < -0.4 is 10.1 Å². The molecule has 4 rings (SSSR count). The highest BCUT2D eigenvalue weighted by atomic mass is 35.5. The Labute approximate surface area is 183 Å². The van der Waals surface area contributed by atoms with Gasteiger partial charge in [-0.25, -0.2) is 4.98 Å². The van der Waals surface area contributed by atoms with Gasteiger partial charge in [0, 0.05) is 16.3 Å². The van der Waals surface area contributed by atoms with Crippen LogP contribution in [0.3, 0.4) is 0 Å². The van der Waals surface area contributed by atoms with E-state index in [0.717, 1.165) is 22.2 Å². The van der Waals surface area contributed by atoms with E-state index in [9.17, 15) is 4.79 Å². The first-order valence-corrected chi connectivity index (χ1v) is 10.0. The molecule has 0 radical (unpaired) electrons. The summed E-state index contributed by atoms with van der Waals surface area (Å²) >= 11 is 12.1. The van der Waals surface area contributed by atoms with E-state index < -0.39 is 0 Å². The average Bonchev–Trinajstić information content (AvgIpc) is 3.13. The molecule has 0 unspecified atom stereocenters. The summed E-state index contributed by atoms with van der Waals surface area (Å²) in [5.74, 6) is 0.623. The monoisotopic (exact) mass is 440 g/mol. The van der Waals surface area contributed by atoms with Gasteiger partial charge in [0.25, 0.3) is 5.91 Å². The number of para-hydroxylation sites is 2. The van der Waals surface area contributed by atoms with Gasteiger partial charge < -0.3 is 14.5 Å². The fourth-order valence-corrected chi connectivity index (χ4v) is 3.73. The van der Waals surface area contributed by atoms with Gasteiger partial charge in [-0.05, 0) is 61.4 Å². The summed E-state index contributed by atoms with van der Waals surface area (Å²) in [7, 11) is 0.